The highest BCUT2D eigenvalue weighted by atomic mass is 16.5. The maximum atomic E-state index is 5.37. The predicted octanol–water partition coefficient (Wildman–Crippen LogP) is 3.54. The summed E-state index contributed by atoms with van der Waals surface area (Å²) in [6.45, 7) is 10.2. The van der Waals surface area contributed by atoms with Crippen molar-refractivity contribution in [2.24, 2.45) is 5.92 Å². The highest BCUT2D eigenvalue weighted by molar-refractivity contribution is 5.41. The molecule has 18 heavy (non-hydrogen) atoms. The van der Waals surface area contributed by atoms with Gasteiger partial charge in [0.25, 0.3) is 0 Å². The maximum Gasteiger partial charge on any atom is 0.122 e. The van der Waals surface area contributed by atoms with Gasteiger partial charge in [-0.15, -0.1) is 0 Å². The molecule has 1 unspecified atom stereocenters. The molecule has 0 aromatic heterocycles. The molecule has 1 heterocycles. The van der Waals surface area contributed by atoms with E-state index in [1.807, 2.05) is 0 Å². The van der Waals surface area contributed by atoms with Crippen LogP contribution in [0.25, 0.3) is 0 Å². The minimum atomic E-state index is 0.846. The van der Waals surface area contributed by atoms with Crippen LogP contribution in [0.2, 0.25) is 0 Å². The second-order valence-corrected chi connectivity index (χ2v) is 5.73. The van der Waals surface area contributed by atoms with Crippen molar-refractivity contribution in [3.63, 3.8) is 0 Å². The molecule has 0 spiro atoms. The zero-order valence-electron chi connectivity index (χ0n) is 12.1. The van der Waals surface area contributed by atoms with Gasteiger partial charge in [0.15, 0.2) is 0 Å². The Morgan fingerprint density at radius 1 is 1.28 bits per heavy atom. The Morgan fingerprint density at radius 2 is 2.06 bits per heavy atom. The molecule has 2 heteroatoms. The lowest BCUT2D eigenvalue weighted by molar-refractivity contribution is 0.176. The second kappa shape index (κ2) is 5.75. The molecule has 1 saturated heterocycles. The van der Waals surface area contributed by atoms with Gasteiger partial charge in [-0.25, -0.2) is 0 Å². The Hall–Kier alpha value is -1.02. The predicted molar refractivity (Wildman–Crippen MR) is 76.1 cm³/mol. The van der Waals surface area contributed by atoms with Crippen molar-refractivity contribution in [3.05, 3.63) is 28.8 Å². The van der Waals surface area contributed by atoms with E-state index < -0.39 is 0 Å². The molecule has 1 aliphatic heterocycles. The first-order valence-corrected chi connectivity index (χ1v) is 6.96. The van der Waals surface area contributed by atoms with Gasteiger partial charge >= 0.3 is 0 Å². The molecule has 1 aliphatic rings. The summed E-state index contributed by atoms with van der Waals surface area (Å²) in [5, 5.41) is 0. The lowest BCUT2D eigenvalue weighted by atomic mass is 9.98. The van der Waals surface area contributed by atoms with Gasteiger partial charge in [0.2, 0.25) is 0 Å². The van der Waals surface area contributed by atoms with E-state index in [0.29, 0.717) is 0 Å². The zero-order valence-corrected chi connectivity index (χ0v) is 12.1. The SMILES string of the molecule is COc1cc(C)c(CN2CCCC(C)C2)cc1C. The van der Waals surface area contributed by atoms with Gasteiger partial charge in [-0.2, -0.15) is 0 Å². The Bertz CT molecular complexity index is 414. The molecule has 0 saturated carbocycles. The standard InChI is InChI=1S/C16H25NO/c1-12-6-5-7-17(10-12)11-15-8-14(3)16(18-4)9-13(15)2/h8-9,12H,5-7,10-11H2,1-4H3. The largest absolute Gasteiger partial charge is 0.496 e. The molecular weight excluding hydrogens is 222 g/mol. The third-order valence-electron chi connectivity index (χ3n) is 3.99. The van der Waals surface area contributed by atoms with Gasteiger partial charge < -0.3 is 4.74 Å². The summed E-state index contributed by atoms with van der Waals surface area (Å²) < 4.78 is 5.37. The third-order valence-corrected chi connectivity index (χ3v) is 3.99. The quantitative estimate of drug-likeness (QED) is 0.810. The van der Waals surface area contributed by atoms with E-state index in [4.69, 9.17) is 4.74 Å². The van der Waals surface area contributed by atoms with Crippen LogP contribution < -0.4 is 4.74 Å². The van der Waals surface area contributed by atoms with Gasteiger partial charge in [-0.3, -0.25) is 4.90 Å². The Balaban J connectivity index is 2.11. The number of aryl methyl sites for hydroxylation is 2. The van der Waals surface area contributed by atoms with Crippen molar-refractivity contribution in [2.75, 3.05) is 20.2 Å². The molecular formula is C16H25NO. The molecule has 1 fully saturated rings. The van der Waals surface area contributed by atoms with Gasteiger partial charge in [0, 0.05) is 13.1 Å². The average Bonchev–Trinajstić information content (AvgIpc) is 2.33. The van der Waals surface area contributed by atoms with E-state index in [0.717, 1.165) is 18.2 Å². The fourth-order valence-electron chi connectivity index (χ4n) is 2.91. The maximum absolute atomic E-state index is 5.37. The van der Waals surface area contributed by atoms with Crippen LogP contribution in [0.5, 0.6) is 5.75 Å². The number of likely N-dealkylation sites (tertiary alicyclic amines) is 1. The average molecular weight is 247 g/mol. The number of hydrogen-bond donors (Lipinski definition) is 0. The highest BCUT2D eigenvalue weighted by Crippen LogP contribution is 2.25. The summed E-state index contributed by atoms with van der Waals surface area (Å²) in [4.78, 5) is 2.59. The van der Waals surface area contributed by atoms with Gasteiger partial charge in [-0.05, 0) is 61.9 Å². The molecule has 2 nitrogen and oxygen atoms in total. The minimum Gasteiger partial charge on any atom is -0.496 e. The minimum absolute atomic E-state index is 0.846. The number of nitrogens with zero attached hydrogens (tertiary/aromatic N) is 1. The van der Waals surface area contributed by atoms with Gasteiger partial charge in [0.05, 0.1) is 7.11 Å². The number of ether oxygens (including phenoxy) is 1. The van der Waals surface area contributed by atoms with E-state index in [2.05, 4.69) is 37.8 Å². The van der Waals surface area contributed by atoms with Crippen LogP contribution >= 0.6 is 0 Å². The summed E-state index contributed by atoms with van der Waals surface area (Å²) >= 11 is 0. The van der Waals surface area contributed by atoms with E-state index in [-0.39, 0.29) is 0 Å². The normalized spacial score (nSPS) is 21.0. The van der Waals surface area contributed by atoms with Crippen LogP contribution in [0.3, 0.4) is 0 Å². The molecule has 0 radical (unpaired) electrons. The molecule has 0 bridgehead atoms. The lowest BCUT2D eigenvalue weighted by Crippen LogP contribution is -2.33. The lowest BCUT2D eigenvalue weighted by Gasteiger charge is -2.31. The Labute approximate surface area is 111 Å². The van der Waals surface area contributed by atoms with Gasteiger partial charge in [-0.1, -0.05) is 13.0 Å². The number of piperidine rings is 1. The summed E-state index contributed by atoms with van der Waals surface area (Å²) in [6, 6.07) is 4.45. The van der Waals surface area contributed by atoms with Crippen molar-refractivity contribution >= 4 is 0 Å². The molecule has 0 amide bonds. The van der Waals surface area contributed by atoms with E-state index in [1.165, 1.54) is 42.6 Å². The topological polar surface area (TPSA) is 12.5 Å². The van der Waals surface area contributed by atoms with Crippen molar-refractivity contribution in [1.29, 1.82) is 0 Å². The number of benzene rings is 1. The summed E-state index contributed by atoms with van der Waals surface area (Å²) in [6.07, 6.45) is 2.73. The van der Waals surface area contributed by atoms with Crippen molar-refractivity contribution in [3.8, 4) is 5.75 Å². The monoisotopic (exact) mass is 247 g/mol. The molecule has 100 valence electrons. The fraction of sp³-hybridized carbons (Fsp3) is 0.625. The van der Waals surface area contributed by atoms with Crippen LogP contribution in [0.1, 0.15) is 36.5 Å². The van der Waals surface area contributed by atoms with Crippen LogP contribution in [0.15, 0.2) is 12.1 Å². The first-order valence-electron chi connectivity index (χ1n) is 6.96. The highest BCUT2D eigenvalue weighted by Gasteiger charge is 2.17. The van der Waals surface area contributed by atoms with Crippen molar-refractivity contribution < 1.29 is 4.74 Å². The number of hydrogen-bond acceptors (Lipinski definition) is 2. The van der Waals surface area contributed by atoms with Gasteiger partial charge in [0.1, 0.15) is 5.75 Å². The fourth-order valence-corrected chi connectivity index (χ4v) is 2.91. The number of rotatable bonds is 3. The summed E-state index contributed by atoms with van der Waals surface area (Å²) in [7, 11) is 1.74. The molecule has 0 aliphatic carbocycles. The second-order valence-electron chi connectivity index (χ2n) is 5.73. The third kappa shape index (κ3) is 3.05. The van der Waals surface area contributed by atoms with E-state index >= 15 is 0 Å². The van der Waals surface area contributed by atoms with Crippen LogP contribution in [0.4, 0.5) is 0 Å². The van der Waals surface area contributed by atoms with Crippen molar-refractivity contribution in [1.82, 2.24) is 4.90 Å². The first-order chi connectivity index (χ1) is 8.60. The van der Waals surface area contributed by atoms with E-state index in [1.54, 1.807) is 7.11 Å². The van der Waals surface area contributed by atoms with Crippen LogP contribution in [-0.2, 0) is 6.54 Å². The molecule has 0 N–H and O–H groups in total. The first kappa shape index (κ1) is 13.4. The summed E-state index contributed by atoms with van der Waals surface area (Å²) in [5.74, 6) is 1.85. The van der Waals surface area contributed by atoms with Crippen LogP contribution in [0, 0.1) is 19.8 Å². The molecule has 1 aromatic carbocycles. The summed E-state index contributed by atoms with van der Waals surface area (Å²) in [5.41, 5.74) is 4.03. The Kier molecular flexibility index (Phi) is 4.28. The smallest absolute Gasteiger partial charge is 0.122 e. The number of methoxy groups -OCH3 is 1. The molecule has 1 aromatic rings. The van der Waals surface area contributed by atoms with E-state index in [9.17, 15) is 0 Å². The van der Waals surface area contributed by atoms with Crippen molar-refractivity contribution in [2.45, 2.75) is 40.2 Å². The van der Waals surface area contributed by atoms with Crippen LogP contribution in [-0.4, -0.2) is 25.1 Å². The molecule has 1 atom stereocenters. The molecule has 2 rings (SSSR count). The Morgan fingerprint density at radius 3 is 2.72 bits per heavy atom. The zero-order chi connectivity index (χ0) is 13.1.